The smallest absolute Gasteiger partial charge is 0.339 e. The monoisotopic (exact) mass is 334 g/mol. The molecule has 0 unspecified atom stereocenters. The Hall–Kier alpha value is -3.54. The van der Waals surface area contributed by atoms with Crippen molar-refractivity contribution in [1.29, 1.82) is 0 Å². The number of nitrogens with one attached hydrogen (secondary N) is 2. The van der Waals surface area contributed by atoms with Gasteiger partial charge in [-0.2, -0.15) is 5.10 Å². The van der Waals surface area contributed by atoms with Crippen LogP contribution in [0, 0.1) is 0 Å². The molecule has 25 heavy (non-hydrogen) atoms. The summed E-state index contributed by atoms with van der Waals surface area (Å²) in [5, 5.41) is 6.64. The Bertz CT molecular complexity index is 872. The third-order valence-electron chi connectivity index (χ3n) is 3.50. The molecule has 0 bridgehead atoms. The second-order valence-electron chi connectivity index (χ2n) is 5.21. The zero-order chi connectivity index (χ0) is 17.5. The van der Waals surface area contributed by atoms with E-state index in [0.717, 1.165) is 11.3 Å². The standard InChI is InChI=1S/C19H18N4O2/c1-25-18-10-6-5-9-17(18)21-19(24)22-20-13-15-11-12-23(14-15)16-7-3-2-4-8-16/h2-14H,1H3,(H2,21,22,24)/b20-13+. The van der Waals surface area contributed by atoms with E-state index in [1.807, 2.05) is 65.5 Å². The summed E-state index contributed by atoms with van der Waals surface area (Å²) in [5.41, 5.74) is 4.95. The summed E-state index contributed by atoms with van der Waals surface area (Å²) < 4.78 is 7.16. The highest BCUT2D eigenvalue weighted by atomic mass is 16.5. The summed E-state index contributed by atoms with van der Waals surface area (Å²) >= 11 is 0. The second kappa shape index (κ2) is 7.83. The number of aromatic nitrogens is 1. The topological polar surface area (TPSA) is 67.7 Å². The van der Waals surface area contributed by atoms with Crippen LogP contribution >= 0.6 is 0 Å². The molecule has 0 aliphatic rings. The lowest BCUT2D eigenvalue weighted by molar-refractivity contribution is 0.252. The molecule has 0 spiro atoms. The third-order valence-corrected chi connectivity index (χ3v) is 3.50. The van der Waals surface area contributed by atoms with Gasteiger partial charge in [-0.3, -0.25) is 0 Å². The zero-order valence-corrected chi connectivity index (χ0v) is 13.7. The van der Waals surface area contributed by atoms with Crippen LogP contribution in [0.1, 0.15) is 5.56 Å². The van der Waals surface area contributed by atoms with Gasteiger partial charge in [0.2, 0.25) is 0 Å². The number of nitrogens with zero attached hydrogens (tertiary/aromatic N) is 2. The molecule has 0 aliphatic heterocycles. The minimum absolute atomic E-state index is 0.441. The number of urea groups is 1. The fourth-order valence-electron chi connectivity index (χ4n) is 2.31. The molecular formula is C19H18N4O2. The second-order valence-corrected chi connectivity index (χ2v) is 5.21. The van der Waals surface area contributed by atoms with Gasteiger partial charge in [0.15, 0.2) is 0 Å². The van der Waals surface area contributed by atoms with Crippen LogP contribution in [0.3, 0.4) is 0 Å². The van der Waals surface area contributed by atoms with Crippen LogP contribution in [0.15, 0.2) is 78.2 Å². The van der Waals surface area contributed by atoms with Gasteiger partial charge in [-0.25, -0.2) is 10.2 Å². The maximum atomic E-state index is 11.9. The van der Waals surface area contributed by atoms with Crippen LogP contribution in [-0.2, 0) is 0 Å². The van der Waals surface area contributed by atoms with E-state index in [1.54, 1.807) is 25.5 Å². The van der Waals surface area contributed by atoms with Crippen LogP contribution in [0.25, 0.3) is 5.69 Å². The molecule has 2 amide bonds. The molecule has 2 N–H and O–H groups in total. The number of methoxy groups -OCH3 is 1. The van der Waals surface area contributed by atoms with Gasteiger partial charge in [0.1, 0.15) is 5.75 Å². The van der Waals surface area contributed by atoms with Gasteiger partial charge < -0.3 is 14.6 Å². The molecule has 2 aromatic carbocycles. The van der Waals surface area contributed by atoms with Crippen molar-refractivity contribution in [2.45, 2.75) is 0 Å². The molecule has 3 aromatic rings. The van der Waals surface area contributed by atoms with Crippen molar-refractivity contribution in [3.8, 4) is 11.4 Å². The summed E-state index contributed by atoms with van der Waals surface area (Å²) in [6.45, 7) is 0. The molecule has 126 valence electrons. The lowest BCUT2D eigenvalue weighted by Crippen LogP contribution is -2.24. The minimum atomic E-state index is -0.441. The minimum Gasteiger partial charge on any atom is -0.495 e. The van der Waals surface area contributed by atoms with Crippen LogP contribution in [0.5, 0.6) is 5.75 Å². The number of carbonyl (C=O) groups excluding carboxylic acids is 1. The van der Waals surface area contributed by atoms with Crippen molar-refractivity contribution in [1.82, 2.24) is 9.99 Å². The van der Waals surface area contributed by atoms with Crippen molar-refractivity contribution in [3.05, 3.63) is 78.6 Å². The van der Waals surface area contributed by atoms with E-state index < -0.39 is 6.03 Å². The van der Waals surface area contributed by atoms with E-state index in [1.165, 1.54) is 0 Å². The molecular weight excluding hydrogens is 316 g/mol. The number of hydrogen-bond acceptors (Lipinski definition) is 3. The Morgan fingerprint density at radius 2 is 1.84 bits per heavy atom. The first-order valence-corrected chi connectivity index (χ1v) is 7.73. The molecule has 0 atom stereocenters. The Balaban J connectivity index is 1.58. The van der Waals surface area contributed by atoms with Crippen LogP contribution in [0.2, 0.25) is 0 Å². The largest absolute Gasteiger partial charge is 0.495 e. The van der Waals surface area contributed by atoms with Gasteiger partial charge >= 0.3 is 6.03 Å². The van der Waals surface area contributed by atoms with E-state index >= 15 is 0 Å². The Morgan fingerprint density at radius 1 is 1.08 bits per heavy atom. The maximum absolute atomic E-state index is 11.9. The molecule has 0 fully saturated rings. The maximum Gasteiger partial charge on any atom is 0.339 e. The quantitative estimate of drug-likeness (QED) is 0.552. The summed E-state index contributed by atoms with van der Waals surface area (Å²) in [6, 6.07) is 18.6. The Kier molecular flexibility index (Phi) is 5.11. The average molecular weight is 334 g/mol. The number of benzene rings is 2. The van der Waals surface area contributed by atoms with Crippen molar-refractivity contribution in [3.63, 3.8) is 0 Å². The normalized spacial score (nSPS) is 10.6. The van der Waals surface area contributed by atoms with Gasteiger partial charge in [-0.1, -0.05) is 30.3 Å². The van der Waals surface area contributed by atoms with Crippen LogP contribution in [-0.4, -0.2) is 23.9 Å². The third kappa shape index (κ3) is 4.26. The molecule has 0 saturated heterocycles. The number of carbonyl (C=O) groups is 1. The summed E-state index contributed by atoms with van der Waals surface area (Å²) in [5.74, 6) is 0.585. The predicted molar refractivity (Wildman–Crippen MR) is 98.5 cm³/mol. The highest BCUT2D eigenvalue weighted by molar-refractivity contribution is 5.91. The Labute approximate surface area is 145 Å². The van der Waals surface area contributed by atoms with E-state index in [-0.39, 0.29) is 0 Å². The molecule has 1 heterocycles. The molecule has 3 rings (SSSR count). The number of ether oxygens (including phenoxy) is 1. The summed E-state index contributed by atoms with van der Waals surface area (Å²) in [7, 11) is 1.55. The Morgan fingerprint density at radius 3 is 2.64 bits per heavy atom. The lowest BCUT2D eigenvalue weighted by atomic mass is 10.3. The molecule has 0 saturated carbocycles. The van der Waals surface area contributed by atoms with Crippen molar-refractivity contribution in [2.24, 2.45) is 5.10 Å². The van der Waals surface area contributed by atoms with Crippen molar-refractivity contribution in [2.75, 3.05) is 12.4 Å². The highest BCUT2D eigenvalue weighted by Gasteiger charge is 2.05. The lowest BCUT2D eigenvalue weighted by Gasteiger charge is -2.08. The molecule has 0 aliphatic carbocycles. The SMILES string of the molecule is COc1ccccc1NC(=O)N/N=C/c1ccn(-c2ccccc2)c1. The van der Waals surface area contributed by atoms with E-state index in [4.69, 9.17) is 4.74 Å². The molecule has 1 aromatic heterocycles. The number of hydrazone groups is 1. The number of para-hydroxylation sites is 3. The molecule has 6 nitrogen and oxygen atoms in total. The number of anilines is 1. The van der Waals surface area contributed by atoms with Crippen molar-refractivity contribution >= 4 is 17.9 Å². The van der Waals surface area contributed by atoms with Crippen molar-refractivity contribution < 1.29 is 9.53 Å². The highest BCUT2D eigenvalue weighted by Crippen LogP contribution is 2.22. The average Bonchev–Trinajstić information content (AvgIpc) is 3.12. The van der Waals surface area contributed by atoms with Gasteiger partial charge in [0.05, 0.1) is 19.0 Å². The number of rotatable bonds is 5. The summed E-state index contributed by atoms with van der Waals surface area (Å²) in [6.07, 6.45) is 5.45. The van der Waals surface area contributed by atoms with Crippen LogP contribution in [0.4, 0.5) is 10.5 Å². The van der Waals surface area contributed by atoms with E-state index in [2.05, 4.69) is 15.8 Å². The van der Waals surface area contributed by atoms with E-state index in [0.29, 0.717) is 11.4 Å². The van der Waals surface area contributed by atoms with Gasteiger partial charge in [-0.15, -0.1) is 0 Å². The molecule has 6 heteroatoms. The fraction of sp³-hybridized carbons (Fsp3) is 0.0526. The zero-order valence-electron chi connectivity index (χ0n) is 13.7. The van der Waals surface area contributed by atoms with Gasteiger partial charge in [0, 0.05) is 23.6 Å². The first-order valence-electron chi connectivity index (χ1n) is 7.73. The van der Waals surface area contributed by atoms with Crippen LogP contribution < -0.4 is 15.5 Å². The van der Waals surface area contributed by atoms with Gasteiger partial charge in [-0.05, 0) is 30.3 Å². The first kappa shape index (κ1) is 16.3. The number of amides is 2. The van der Waals surface area contributed by atoms with E-state index in [9.17, 15) is 4.79 Å². The first-order chi connectivity index (χ1) is 12.3. The predicted octanol–water partition coefficient (Wildman–Crippen LogP) is 3.64. The fourth-order valence-corrected chi connectivity index (χ4v) is 2.31. The number of hydrogen-bond donors (Lipinski definition) is 2. The van der Waals surface area contributed by atoms with Gasteiger partial charge in [0.25, 0.3) is 0 Å². The summed E-state index contributed by atoms with van der Waals surface area (Å²) in [4.78, 5) is 11.9. The molecule has 0 radical (unpaired) electrons.